The van der Waals surface area contributed by atoms with Crippen LogP contribution in [0.5, 0.6) is 0 Å². The van der Waals surface area contributed by atoms with Gasteiger partial charge in [-0.1, -0.05) is 35.9 Å². The minimum Gasteiger partial charge on any atom is -0.469 e. The number of tetrazole rings is 1. The van der Waals surface area contributed by atoms with E-state index in [1.165, 1.54) is 34.8 Å². The first-order valence-electron chi connectivity index (χ1n) is 14.7. The van der Waals surface area contributed by atoms with Crippen LogP contribution in [-0.4, -0.2) is 81.5 Å². The van der Waals surface area contributed by atoms with E-state index in [4.69, 9.17) is 16.3 Å². The maximum Gasteiger partial charge on any atom is 0.309 e. The number of hydrogen-bond acceptors (Lipinski definition) is 10. The summed E-state index contributed by atoms with van der Waals surface area (Å²) in [5, 5.41) is 21.5. The van der Waals surface area contributed by atoms with Crippen LogP contribution < -0.4 is 10.9 Å². The van der Waals surface area contributed by atoms with Gasteiger partial charge in [0.1, 0.15) is 6.33 Å². The molecule has 246 valence electrons. The number of sulfonamides is 1. The molecular weight excluding hydrogens is 648 g/mol. The average Bonchev–Trinajstić information content (AvgIpc) is 3.59. The Balaban J connectivity index is 1.43. The van der Waals surface area contributed by atoms with Gasteiger partial charge in [-0.3, -0.25) is 14.4 Å². The number of halogens is 1. The molecule has 1 saturated heterocycles. The number of esters is 1. The van der Waals surface area contributed by atoms with Crippen LogP contribution in [0.2, 0.25) is 5.02 Å². The van der Waals surface area contributed by atoms with E-state index in [1.807, 2.05) is 0 Å². The molecule has 0 radical (unpaired) electrons. The first-order chi connectivity index (χ1) is 22.5. The number of nitrogens with zero attached hydrogens (tertiary/aromatic N) is 6. The van der Waals surface area contributed by atoms with Crippen LogP contribution >= 0.6 is 11.6 Å². The summed E-state index contributed by atoms with van der Waals surface area (Å²) in [5.41, 5.74) is 2.79. The number of carbonyl (C=O) groups is 2. The molecule has 0 bridgehead atoms. The van der Waals surface area contributed by atoms with Crippen LogP contribution in [0, 0.1) is 5.92 Å². The molecule has 1 fully saturated rings. The lowest BCUT2D eigenvalue weighted by atomic mass is 9.90. The summed E-state index contributed by atoms with van der Waals surface area (Å²) >= 11 is 6.23. The zero-order valence-corrected chi connectivity index (χ0v) is 27.2. The first kappa shape index (κ1) is 33.6. The van der Waals surface area contributed by atoms with Gasteiger partial charge in [0.05, 0.1) is 42.8 Å². The van der Waals surface area contributed by atoms with Crippen molar-refractivity contribution in [1.29, 1.82) is 0 Å². The lowest BCUT2D eigenvalue weighted by molar-refractivity contribution is -0.139. The van der Waals surface area contributed by atoms with E-state index in [0.717, 1.165) is 12.0 Å². The van der Waals surface area contributed by atoms with Crippen molar-refractivity contribution in [2.24, 2.45) is 5.92 Å². The van der Waals surface area contributed by atoms with Crippen molar-refractivity contribution >= 4 is 39.6 Å². The molecule has 3 heterocycles. The number of piperidine rings is 1. The molecule has 4 aromatic rings. The number of aromatic amines is 1. The predicted molar refractivity (Wildman–Crippen MR) is 174 cm³/mol. The summed E-state index contributed by atoms with van der Waals surface area (Å²) in [6, 6.07) is 12.9. The molecule has 0 saturated carbocycles. The average molecular weight is 681 g/mol. The van der Waals surface area contributed by atoms with E-state index < -0.39 is 27.5 Å². The number of aromatic nitrogens is 6. The Morgan fingerprint density at radius 1 is 1.19 bits per heavy atom. The highest BCUT2D eigenvalue weighted by Crippen LogP contribution is 2.29. The Morgan fingerprint density at radius 2 is 1.98 bits per heavy atom. The number of benzene rings is 2. The van der Waals surface area contributed by atoms with Crippen molar-refractivity contribution in [2.45, 2.75) is 31.7 Å². The van der Waals surface area contributed by atoms with Crippen LogP contribution in [-0.2, 0) is 30.8 Å². The normalized spacial score (nSPS) is 16.2. The van der Waals surface area contributed by atoms with Crippen molar-refractivity contribution in [3.05, 3.63) is 93.1 Å². The van der Waals surface area contributed by atoms with E-state index in [-0.39, 0.29) is 18.3 Å². The maximum absolute atomic E-state index is 13.4. The summed E-state index contributed by atoms with van der Waals surface area (Å²) in [5.74, 6) is -0.911. The first-order valence-corrected chi connectivity index (χ1v) is 16.9. The molecule has 16 heteroatoms. The lowest BCUT2D eigenvalue weighted by Crippen LogP contribution is -2.41. The minimum atomic E-state index is -3.39. The molecule has 2 atom stereocenters. The van der Waals surface area contributed by atoms with Gasteiger partial charge >= 0.3 is 5.97 Å². The number of carbonyl (C=O) groups excluding carboxylic acids is 2. The Hall–Kier alpha value is -4.73. The van der Waals surface area contributed by atoms with Crippen LogP contribution in [0.3, 0.4) is 0 Å². The number of ether oxygens (including phenoxy) is 1. The van der Waals surface area contributed by atoms with Crippen molar-refractivity contribution < 1.29 is 22.7 Å². The van der Waals surface area contributed by atoms with Crippen molar-refractivity contribution in [3.8, 4) is 16.8 Å². The molecule has 5 rings (SSSR count). The molecule has 14 nitrogen and oxygen atoms in total. The van der Waals surface area contributed by atoms with Crippen LogP contribution in [0.4, 0.5) is 0 Å². The monoisotopic (exact) mass is 680 g/mol. The third-order valence-corrected chi connectivity index (χ3v) is 9.36. The predicted octanol–water partition coefficient (Wildman–Crippen LogP) is 2.71. The molecule has 2 N–H and O–H groups in total. The lowest BCUT2D eigenvalue weighted by Gasteiger charge is -2.33. The molecule has 1 aliphatic heterocycles. The highest BCUT2D eigenvalue weighted by molar-refractivity contribution is 7.88. The van der Waals surface area contributed by atoms with Crippen LogP contribution in [0.1, 0.15) is 42.1 Å². The largest absolute Gasteiger partial charge is 0.469 e. The Labute approximate surface area is 275 Å². The van der Waals surface area contributed by atoms with E-state index in [1.54, 1.807) is 54.6 Å². The van der Waals surface area contributed by atoms with Gasteiger partial charge < -0.3 is 10.1 Å². The van der Waals surface area contributed by atoms with Crippen LogP contribution in [0.15, 0.2) is 65.7 Å². The summed E-state index contributed by atoms with van der Waals surface area (Å²) in [6.45, 7) is 0.738. The fourth-order valence-electron chi connectivity index (χ4n) is 5.49. The second kappa shape index (κ2) is 14.8. The zero-order valence-electron chi connectivity index (χ0n) is 25.7. The van der Waals surface area contributed by atoms with Crippen molar-refractivity contribution in [3.63, 3.8) is 0 Å². The van der Waals surface area contributed by atoms with Crippen LogP contribution in [0.25, 0.3) is 22.9 Å². The summed E-state index contributed by atoms with van der Waals surface area (Å²) in [4.78, 5) is 38.0. The number of amides is 1. The van der Waals surface area contributed by atoms with Gasteiger partial charge in [0, 0.05) is 29.8 Å². The Kier molecular flexibility index (Phi) is 10.6. The third-order valence-electron chi connectivity index (χ3n) is 7.86. The summed E-state index contributed by atoms with van der Waals surface area (Å²) in [7, 11) is -2.08. The second-order valence-electron chi connectivity index (χ2n) is 11.2. The van der Waals surface area contributed by atoms with Gasteiger partial charge in [0.25, 0.3) is 5.56 Å². The van der Waals surface area contributed by atoms with E-state index >= 15 is 0 Å². The zero-order chi connectivity index (χ0) is 33.6. The fraction of sp³-hybridized carbons (Fsp3) is 0.323. The third kappa shape index (κ3) is 8.75. The molecule has 2 aromatic heterocycles. The number of H-pyrrole nitrogens is 1. The van der Waals surface area contributed by atoms with E-state index in [2.05, 4.69) is 31.0 Å². The minimum absolute atomic E-state index is 0.0816. The standard InChI is InChI=1S/C31H33ClN8O6S/c1-46-30(42)15-20-5-7-22(8-6-20)25-17-27(35-36-31(25)43)26(14-21-4-3-13-39(18-21)47(2,44)45)34-29(41)12-9-23-16-24(32)10-11-28(23)40-19-33-37-38-40/h5-12,16-17,19,21,26H,3-4,13-15,18H2,1-2H3,(H,34,41)(H,36,43)/b12-9+/t21?,26-/m0/s1. The van der Waals surface area contributed by atoms with Gasteiger partial charge in [0.2, 0.25) is 15.9 Å². The summed E-state index contributed by atoms with van der Waals surface area (Å²) in [6.07, 6.45) is 7.44. The molecule has 1 unspecified atom stereocenters. The topological polar surface area (TPSA) is 182 Å². The van der Waals surface area contributed by atoms with Crippen molar-refractivity contribution in [1.82, 2.24) is 40.0 Å². The Bertz CT molecular complexity index is 1930. The molecule has 47 heavy (non-hydrogen) atoms. The smallest absolute Gasteiger partial charge is 0.309 e. The highest BCUT2D eigenvalue weighted by Gasteiger charge is 2.29. The van der Waals surface area contributed by atoms with E-state index in [9.17, 15) is 22.8 Å². The number of rotatable bonds is 11. The SMILES string of the molecule is COC(=O)Cc1ccc(-c2cc([C@H](CC3CCCN(S(C)(=O)=O)C3)NC(=O)/C=C/c3cc(Cl)ccc3-n3cnnn3)n[nH]c2=O)cc1. The quantitative estimate of drug-likeness (QED) is 0.176. The second-order valence-corrected chi connectivity index (χ2v) is 13.6. The van der Waals surface area contributed by atoms with Gasteiger partial charge in [-0.25, -0.2) is 17.8 Å². The molecule has 2 aromatic carbocycles. The highest BCUT2D eigenvalue weighted by atomic mass is 35.5. The molecular formula is C31H33ClN8O6S. The number of methoxy groups -OCH3 is 1. The Morgan fingerprint density at radius 3 is 2.68 bits per heavy atom. The molecule has 0 aliphatic carbocycles. The van der Waals surface area contributed by atoms with Gasteiger partial charge in [-0.2, -0.15) is 9.78 Å². The molecule has 1 aliphatic rings. The van der Waals surface area contributed by atoms with Gasteiger partial charge in [-0.05, 0) is 77.1 Å². The summed E-state index contributed by atoms with van der Waals surface area (Å²) < 4.78 is 32.2. The number of hydrogen-bond donors (Lipinski definition) is 2. The fourth-order valence-corrected chi connectivity index (χ4v) is 6.61. The van der Waals surface area contributed by atoms with Gasteiger partial charge in [-0.15, -0.1) is 5.10 Å². The van der Waals surface area contributed by atoms with E-state index in [0.29, 0.717) is 59.0 Å². The molecule has 1 amide bonds. The van der Waals surface area contributed by atoms with Gasteiger partial charge in [0.15, 0.2) is 0 Å². The number of nitrogens with one attached hydrogen (secondary N) is 2. The van der Waals surface area contributed by atoms with Crippen molar-refractivity contribution in [2.75, 3.05) is 26.5 Å². The molecule has 0 spiro atoms. The maximum atomic E-state index is 13.4.